The second-order valence-electron chi connectivity index (χ2n) is 5.23. The van der Waals surface area contributed by atoms with E-state index in [4.69, 9.17) is 0 Å². The fraction of sp³-hybridized carbons (Fsp3) is 0.250. The maximum Gasteiger partial charge on any atom is 0.230 e. The Labute approximate surface area is 133 Å². The number of fused-ring (bicyclic) bond motifs is 1. The zero-order chi connectivity index (χ0) is 15.5. The molecule has 0 spiro atoms. The molecule has 3 rings (SSSR count). The monoisotopic (exact) mass is 314 g/mol. The predicted octanol–water partition coefficient (Wildman–Crippen LogP) is 2.62. The molecule has 114 valence electrons. The molecule has 0 atom stereocenters. The van der Waals surface area contributed by atoms with Crippen LogP contribution in [0.5, 0.6) is 0 Å². The van der Waals surface area contributed by atoms with Crippen LogP contribution in [0.25, 0.3) is 10.9 Å². The molecular formula is C16H18N4OS. The summed E-state index contributed by atoms with van der Waals surface area (Å²) in [4.78, 5) is 13.1. The number of hydrogen-bond donors (Lipinski definition) is 2. The van der Waals surface area contributed by atoms with Crippen molar-refractivity contribution in [3.8, 4) is 0 Å². The van der Waals surface area contributed by atoms with Gasteiger partial charge in [0, 0.05) is 34.7 Å². The third kappa shape index (κ3) is 3.17. The number of amides is 1. The van der Waals surface area contributed by atoms with Crippen LogP contribution in [-0.2, 0) is 18.4 Å². The van der Waals surface area contributed by atoms with E-state index in [1.165, 1.54) is 10.9 Å². The van der Waals surface area contributed by atoms with Gasteiger partial charge in [0.15, 0.2) is 0 Å². The van der Waals surface area contributed by atoms with Crippen LogP contribution >= 0.6 is 11.8 Å². The Morgan fingerprint density at radius 3 is 3.00 bits per heavy atom. The molecule has 0 saturated carbocycles. The van der Waals surface area contributed by atoms with Crippen molar-refractivity contribution < 1.29 is 4.79 Å². The zero-order valence-electron chi connectivity index (χ0n) is 12.6. The number of rotatable bonds is 5. The Bertz CT molecular complexity index is 805. The SMILES string of the molecule is Cc1cc(CNC(=O)CSc2cn(C)c3ccccc23)n[nH]1. The number of para-hydroxylation sites is 1. The maximum atomic E-state index is 12.0. The lowest BCUT2D eigenvalue weighted by Gasteiger charge is -2.02. The van der Waals surface area contributed by atoms with Gasteiger partial charge in [0.2, 0.25) is 5.91 Å². The van der Waals surface area contributed by atoms with Crippen LogP contribution in [0.15, 0.2) is 41.4 Å². The van der Waals surface area contributed by atoms with Crippen molar-refractivity contribution in [1.82, 2.24) is 20.1 Å². The summed E-state index contributed by atoms with van der Waals surface area (Å²) >= 11 is 1.56. The highest BCUT2D eigenvalue weighted by Gasteiger charge is 2.09. The largest absolute Gasteiger partial charge is 0.350 e. The van der Waals surface area contributed by atoms with Gasteiger partial charge in [-0.2, -0.15) is 5.10 Å². The quantitative estimate of drug-likeness (QED) is 0.712. The van der Waals surface area contributed by atoms with Gasteiger partial charge in [0.05, 0.1) is 18.0 Å². The molecule has 0 aliphatic rings. The number of carbonyl (C=O) groups excluding carboxylic acids is 1. The molecule has 0 bridgehead atoms. The molecule has 2 heterocycles. The van der Waals surface area contributed by atoms with Gasteiger partial charge in [-0.25, -0.2) is 0 Å². The van der Waals surface area contributed by atoms with Crippen LogP contribution in [0.3, 0.4) is 0 Å². The topological polar surface area (TPSA) is 62.7 Å². The van der Waals surface area contributed by atoms with E-state index < -0.39 is 0 Å². The lowest BCUT2D eigenvalue weighted by Crippen LogP contribution is -2.24. The lowest BCUT2D eigenvalue weighted by atomic mass is 10.2. The second-order valence-corrected chi connectivity index (χ2v) is 6.25. The number of benzene rings is 1. The van der Waals surface area contributed by atoms with Crippen LogP contribution < -0.4 is 5.32 Å². The Balaban J connectivity index is 1.58. The Morgan fingerprint density at radius 2 is 2.23 bits per heavy atom. The fourth-order valence-corrected chi connectivity index (χ4v) is 3.32. The minimum Gasteiger partial charge on any atom is -0.350 e. The fourth-order valence-electron chi connectivity index (χ4n) is 2.37. The summed E-state index contributed by atoms with van der Waals surface area (Å²) in [5.74, 6) is 0.413. The molecule has 6 heteroatoms. The van der Waals surface area contributed by atoms with Crippen molar-refractivity contribution in [2.24, 2.45) is 7.05 Å². The van der Waals surface area contributed by atoms with Crippen LogP contribution in [0, 0.1) is 6.92 Å². The van der Waals surface area contributed by atoms with Gasteiger partial charge in [-0.05, 0) is 19.1 Å². The molecular weight excluding hydrogens is 296 g/mol. The Kier molecular flexibility index (Phi) is 4.20. The Hall–Kier alpha value is -2.21. The molecule has 0 aliphatic heterocycles. The smallest absolute Gasteiger partial charge is 0.230 e. The van der Waals surface area contributed by atoms with Crippen molar-refractivity contribution >= 4 is 28.6 Å². The van der Waals surface area contributed by atoms with Crippen LogP contribution in [0.1, 0.15) is 11.4 Å². The first-order chi connectivity index (χ1) is 10.6. The number of hydrogen-bond acceptors (Lipinski definition) is 3. The van der Waals surface area contributed by atoms with Crippen molar-refractivity contribution in [3.63, 3.8) is 0 Å². The van der Waals surface area contributed by atoms with E-state index in [0.29, 0.717) is 12.3 Å². The number of carbonyl (C=O) groups is 1. The van der Waals surface area contributed by atoms with E-state index in [1.54, 1.807) is 11.8 Å². The highest BCUT2D eigenvalue weighted by Crippen LogP contribution is 2.29. The molecule has 0 saturated heterocycles. The van der Waals surface area contributed by atoms with E-state index in [2.05, 4.69) is 38.4 Å². The molecule has 1 aromatic carbocycles. The normalized spacial score (nSPS) is 11.0. The number of nitrogens with zero attached hydrogens (tertiary/aromatic N) is 2. The molecule has 1 amide bonds. The van der Waals surface area contributed by atoms with Gasteiger partial charge < -0.3 is 9.88 Å². The average molecular weight is 314 g/mol. The molecule has 0 unspecified atom stereocenters. The minimum atomic E-state index is 0.0126. The van der Waals surface area contributed by atoms with E-state index in [9.17, 15) is 4.79 Å². The van der Waals surface area contributed by atoms with Crippen molar-refractivity contribution in [2.45, 2.75) is 18.4 Å². The first kappa shape index (κ1) is 14.7. The molecule has 5 nitrogen and oxygen atoms in total. The van der Waals surface area contributed by atoms with Crippen LogP contribution in [0.2, 0.25) is 0 Å². The van der Waals surface area contributed by atoms with Gasteiger partial charge in [-0.15, -0.1) is 11.8 Å². The first-order valence-corrected chi connectivity index (χ1v) is 8.06. The minimum absolute atomic E-state index is 0.0126. The van der Waals surface area contributed by atoms with E-state index in [1.807, 2.05) is 32.2 Å². The molecule has 3 aromatic rings. The number of aryl methyl sites for hydroxylation is 2. The average Bonchev–Trinajstić information content (AvgIpc) is 3.07. The number of thioether (sulfide) groups is 1. The molecule has 0 aliphatic carbocycles. The third-order valence-electron chi connectivity index (χ3n) is 3.44. The van der Waals surface area contributed by atoms with Gasteiger partial charge in [-0.3, -0.25) is 9.89 Å². The summed E-state index contributed by atoms with van der Waals surface area (Å²) in [7, 11) is 2.02. The van der Waals surface area contributed by atoms with E-state index in [-0.39, 0.29) is 5.91 Å². The molecule has 2 N–H and O–H groups in total. The summed E-state index contributed by atoms with van der Waals surface area (Å²) in [5.41, 5.74) is 3.02. The van der Waals surface area contributed by atoms with Crippen LogP contribution in [0.4, 0.5) is 0 Å². The van der Waals surface area contributed by atoms with Gasteiger partial charge in [-0.1, -0.05) is 18.2 Å². The van der Waals surface area contributed by atoms with Crippen molar-refractivity contribution in [2.75, 3.05) is 5.75 Å². The molecule has 0 fully saturated rings. The summed E-state index contributed by atoms with van der Waals surface area (Å²) in [6.45, 7) is 2.40. The third-order valence-corrected chi connectivity index (χ3v) is 4.49. The lowest BCUT2D eigenvalue weighted by molar-refractivity contribution is -0.118. The summed E-state index contributed by atoms with van der Waals surface area (Å²) in [6, 6.07) is 10.1. The number of aromatic amines is 1. The van der Waals surface area contributed by atoms with E-state index >= 15 is 0 Å². The highest BCUT2D eigenvalue weighted by atomic mass is 32.2. The maximum absolute atomic E-state index is 12.0. The second kappa shape index (κ2) is 6.27. The highest BCUT2D eigenvalue weighted by molar-refractivity contribution is 8.00. The number of H-pyrrole nitrogens is 1. The molecule has 22 heavy (non-hydrogen) atoms. The van der Waals surface area contributed by atoms with Crippen LogP contribution in [-0.4, -0.2) is 26.4 Å². The van der Waals surface area contributed by atoms with Gasteiger partial charge in [0.25, 0.3) is 0 Å². The van der Waals surface area contributed by atoms with Gasteiger partial charge >= 0.3 is 0 Å². The predicted molar refractivity (Wildman–Crippen MR) is 88.8 cm³/mol. The summed E-state index contributed by atoms with van der Waals surface area (Å²) in [6.07, 6.45) is 2.07. The first-order valence-electron chi connectivity index (χ1n) is 7.08. The number of nitrogens with one attached hydrogen (secondary N) is 2. The van der Waals surface area contributed by atoms with Gasteiger partial charge in [0.1, 0.15) is 0 Å². The zero-order valence-corrected chi connectivity index (χ0v) is 13.4. The van der Waals surface area contributed by atoms with Crippen molar-refractivity contribution in [1.29, 1.82) is 0 Å². The summed E-state index contributed by atoms with van der Waals surface area (Å²) in [5, 5.41) is 11.0. The van der Waals surface area contributed by atoms with Crippen molar-refractivity contribution in [3.05, 3.63) is 47.9 Å². The Morgan fingerprint density at radius 1 is 1.41 bits per heavy atom. The molecule has 2 aromatic heterocycles. The molecule has 0 radical (unpaired) electrons. The van der Waals surface area contributed by atoms with E-state index in [0.717, 1.165) is 16.3 Å². The summed E-state index contributed by atoms with van der Waals surface area (Å²) < 4.78 is 2.09. The number of aromatic nitrogens is 3. The standard InChI is InChI=1S/C16H18N4OS/c1-11-7-12(19-18-11)8-17-16(21)10-22-15-9-20(2)14-6-4-3-5-13(14)15/h3-7,9H,8,10H2,1-2H3,(H,17,21)(H,18,19).